The fourth-order valence-electron chi connectivity index (χ4n) is 3.71. The number of carboxylic acid groups (broad SMARTS) is 1. The van der Waals surface area contributed by atoms with Gasteiger partial charge in [0.2, 0.25) is 0 Å². The maximum absolute atomic E-state index is 12.9. The number of carbonyl (C=O) groups is 4. The average Bonchev–Trinajstić information content (AvgIpc) is 2.93. The van der Waals surface area contributed by atoms with Crippen LogP contribution in [0.2, 0.25) is 0 Å². The summed E-state index contributed by atoms with van der Waals surface area (Å²) in [6, 6.07) is 23.2. The quantitative estimate of drug-likeness (QED) is 0.362. The molecule has 1 aliphatic rings. The summed E-state index contributed by atoms with van der Waals surface area (Å²) in [5.41, 5.74) is 0.293. The molecule has 1 fully saturated rings. The Kier molecular flexibility index (Phi) is 7.92. The number of benzene rings is 3. The van der Waals surface area contributed by atoms with E-state index in [1.54, 1.807) is 54.6 Å². The first kappa shape index (κ1) is 25.5. The molecule has 0 bridgehead atoms. The minimum atomic E-state index is -2.02. The van der Waals surface area contributed by atoms with Crippen molar-refractivity contribution in [2.75, 3.05) is 0 Å². The van der Waals surface area contributed by atoms with E-state index in [0.717, 1.165) is 0 Å². The van der Waals surface area contributed by atoms with Gasteiger partial charge in [-0.1, -0.05) is 54.6 Å². The standard InChI is InChI=1S/C27H22O10/c28-23(29)21-19(34-24(30)16-10-4-1-5-11-16)20(35-25(31)17-12-6-2-7-13-17)22(27(33)36-21)37-26(32)18-14-8-3-9-15-18/h1-15,19-22,27,33H,(H,28,29)/t19-,20-,21-,22-,27+/m0/s1. The van der Waals surface area contributed by atoms with Crippen molar-refractivity contribution < 1.29 is 48.3 Å². The lowest BCUT2D eigenvalue weighted by Crippen LogP contribution is -2.63. The highest BCUT2D eigenvalue weighted by Gasteiger charge is 2.54. The number of carbonyl (C=O) groups excluding carboxylic acids is 3. The highest BCUT2D eigenvalue weighted by atomic mass is 16.7. The second kappa shape index (κ2) is 11.5. The molecule has 0 aromatic heterocycles. The third kappa shape index (κ3) is 6.00. The summed E-state index contributed by atoms with van der Waals surface area (Å²) in [5.74, 6) is -4.37. The number of esters is 3. The van der Waals surface area contributed by atoms with Crippen LogP contribution in [0.4, 0.5) is 0 Å². The highest BCUT2D eigenvalue weighted by molar-refractivity contribution is 5.91. The zero-order chi connectivity index (χ0) is 26.4. The number of aliphatic hydroxyl groups excluding tert-OH is 1. The fraction of sp³-hybridized carbons (Fsp3) is 0.185. The van der Waals surface area contributed by atoms with E-state index in [1.165, 1.54) is 36.4 Å². The number of hydrogen-bond acceptors (Lipinski definition) is 9. The molecular formula is C27H22O10. The van der Waals surface area contributed by atoms with Crippen molar-refractivity contribution in [2.45, 2.75) is 30.7 Å². The van der Waals surface area contributed by atoms with Crippen molar-refractivity contribution in [3.05, 3.63) is 108 Å². The van der Waals surface area contributed by atoms with Crippen LogP contribution in [0.1, 0.15) is 31.1 Å². The van der Waals surface area contributed by atoms with E-state index in [1.807, 2.05) is 0 Å². The van der Waals surface area contributed by atoms with Crippen LogP contribution in [-0.4, -0.2) is 64.8 Å². The minimum absolute atomic E-state index is 0.0868. The molecule has 10 heteroatoms. The number of aliphatic carboxylic acids is 1. The molecule has 4 rings (SSSR count). The van der Waals surface area contributed by atoms with E-state index in [4.69, 9.17) is 18.9 Å². The largest absolute Gasteiger partial charge is 0.479 e. The molecule has 0 saturated carbocycles. The Balaban J connectivity index is 1.69. The van der Waals surface area contributed by atoms with Gasteiger partial charge in [-0.2, -0.15) is 0 Å². The molecule has 0 amide bonds. The number of ether oxygens (including phenoxy) is 4. The van der Waals surface area contributed by atoms with Gasteiger partial charge in [0.15, 0.2) is 30.7 Å². The smallest absolute Gasteiger partial charge is 0.338 e. The molecule has 37 heavy (non-hydrogen) atoms. The van der Waals surface area contributed by atoms with E-state index in [-0.39, 0.29) is 16.7 Å². The Labute approximate surface area is 211 Å². The van der Waals surface area contributed by atoms with E-state index in [0.29, 0.717) is 0 Å². The van der Waals surface area contributed by atoms with Gasteiger partial charge in [-0.05, 0) is 36.4 Å². The van der Waals surface area contributed by atoms with Crippen LogP contribution in [0.15, 0.2) is 91.0 Å². The molecule has 1 aliphatic heterocycles. The molecule has 2 N–H and O–H groups in total. The first-order chi connectivity index (χ1) is 17.8. The van der Waals surface area contributed by atoms with Gasteiger partial charge in [0.25, 0.3) is 0 Å². The van der Waals surface area contributed by atoms with Crippen molar-refractivity contribution in [1.29, 1.82) is 0 Å². The molecule has 5 atom stereocenters. The van der Waals surface area contributed by atoms with E-state index >= 15 is 0 Å². The number of aliphatic hydroxyl groups is 1. The first-order valence-corrected chi connectivity index (χ1v) is 11.2. The van der Waals surface area contributed by atoms with Crippen molar-refractivity contribution in [3.63, 3.8) is 0 Å². The number of carboxylic acids is 1. The van der Waals surface area contributed by atoms with Gasteiger partial charge in [-0.15, -0.1) is 0 Å². The summed E-state index contributed by atoms with van der Waals surface area (Å²) >= 11 is 0. The Morgan fingerprint density at radius 2 is 0.919 bits per heavy atom. The summed E-state index contributed by atoms with van der Waals surface area (Å²) in [6.45, 7) is 0. The number of hydrogen-bond donors (Lipinski definition) is 2. The van der Waals surface area contributed by atoms with Gasteiger partial charge in [-0.25, -0.2) is 19.2 Å². The first-order valence-electron chi connectivity index (χ1n) is 11.2. The van der Waals surface area contributed by atoms with E-state index in [2.05, 4.69) is 0 Å². The molecule has 1 saturated heterocycles. The van der Waals surface area contributed by atoms with Crippen molar-refractivity contribution in [1.82, 2.24) is 0 Å². The Morgan fingerprint density at radius 1 is 0.568 bits per heavy atom. The second-order valence-corrected chi connectivity index (χ2v) is 7.99. The van der Waals surface area contributed by atoms with Crippen molar-refractivity contribution >= 4 is 23.9 Å². The molecule has 3 aromatic carbocycles. The SMILES string of the molecule is O=C(O[C@@H]1[C@H](OC(=O)c2ccccc2)[C@H](O)O[C@H](C(=O)O)[C@H]1OC(=O)c1ccccc1)c1ccccc1. The predicted molar refractivity (Wildman–Crippen MR) is 125 cm³/mol. The van der Waals surface area contributed by atoms with Crippen LogP contribution >= 0.6 is 0 Å². The molecule has 10 nitrogen and oxygen atoms in total. The van der Waals surface area contributed by atoms with Gasteiger partial charge < -0.3 is 29.2 Å². The van der Waals surface area contributed by atoms with Crippen molar-refractivity contribution in [2.24, 2.45) is 0 Å². The molecule has 190 valence electrons. The summed E-state index contributed by atoms with van der Waals surface area (Å²) in [4.78, 5) is 50.5. The zero-order valence-corrected chi connectivity index (χ0v) is 19.2. The molecule has 0 radical (unpaired) electrons. The van der Waals surface area contributed by atoms with Gasteiger partial charge in [0, 0.05) is 0 Å². The zero-order valence-electron chi connectivity index (χ0n) is 19.2. The van der Waals surface area contributed by atoms with Crippen LogP contribution in [-0.2, 0) is 23.7 Å². The van der Waals surface area contributed by atoms with E-state index < -0.39 is 54.6 Å². The van der Waals surface area contributed by atoms with Crippen molar-refractivity contribution in [3.8, 4) is 0 Å². The van der Waals surface area contributed by atoms with Gasteiger partial charge >= 0.3 is 23.9 Å². The molecule has 0 unspecified atom stereocenters. The molecule has 0 aliphatic carbocycles. The average molecular weight is 506 g/mol. The van der Waals surface area contributed by atoms with Crippen LogP contribution in [0, 0.1) is 0 Å². The minimum Gasteiger partial charge on any atom is -0.479 e. The maximum atomic E-state index is 12.9. The van der Waals surface area contributed by atoms with Crippen LogP contribution in [0.5, 0.6) is 0 Å². The van der Waals surface area contributed by atoms with Gasteiger partial charge in [-0.3, -0.25) is 0 Å². The topological polar surface area (TPSA) is 146 Å². The number of rotatable bonds is 7. The predicted octanol–water partition coefficient (Wildman–Crippen LogP) is 2.46. The molecular weight excluding hydrogens is 484 g/mol. The summed E-state index contributed by atoms with van der Waals surface area (Å²) < 4.78 is 21.6. The Hall–Kier alpha value is -4.54. The van der Waals surface area contributed by atoms with E-state index in [9.17, 15) is 29.4 Å². The molecule has 0 spiro atoms. The summed E-state index contributed by atoms with van der Waals surface area (Å²) in [7, 11) is 0. The highest BCUT2D eigenvalue weighted by Crippen LogP contribution is 2.30. The maximum Gasteiger partial charge on any atom is 0.338 e. The van der Waals surface area contributed by atoms with Gasteiger partial charge in [0.1, 0.15) is 0 Å². The summed E-state index contributed by atoms with van der Waals surface area (Å²) in [6.07, 6.45) is -9.21. The monoisotopic (exact) mass is 506 g/mol. The molecule has 3 aromatic rings. The Morgan fingerprint density at radius 3 is 1.30 bits per heavy atom. The third-order valence-electron chi connectivity index (χ3n) is 5.51. The van der Waals surface area contributed by atoms with Crippen LogP contribution in [0.3, 0.4) is 0 Å². The van der Waals surface area contributed by atoms with Gasteiger partial charge in [0.05, 0.1) is 16.7 Å². The second-order valence-electron chi connectivity index (χ2n) is 7.99. The lowest BCUT2D eigenvalue weighted by Gasteiger charge is -2.41. The Bertz CT molecular complexity index is 1250. The normalized spacial score (nSPS) is 22.9. The molecule has 1 heterocycles. The summed E-state index contributed by atoms with van der Waals surface area (Å²) in [5, 5.41) is 20.4. The fourth-order valence-corrected chi connectivity index (χ4v) is 3.71. The van der Waals surface area contributed by atoms with Crippen LogP contribution in [0.25, 0.3) is 0 Å². The van der Waals surface area contributed by atoms with Crippen LogP contribution < -0.4 is 0 Å². The lowest BCUT2D eigenvalue weighted by molar-refractivity contribution is -0.277. The third-order valence-corrected chi connectivity index (χ3v) is 5.51. The lowest BCUT2D eigenvalue weighted by atomic mass is 9.97.